The second-order valence-corrected chi connectivity index (χ2v) is 6.48. The number of amides is 2. The summed E-state index contributed by atoms with van der Waals surface area (Å²) in [5.41, 5.74) is 2.50. The zero-order valence-corrected chi connectivity index (χ0v) is 14.1. The van der Waals surface area contributed by atoms with E-state index < -0.39 is 0 Å². The third-order valence-corrected chi connectivity index (χ3v) is 4.39. The first-order chi connectivity index (χ1) is 10.6. The van der Waals surface area contributed by atoms with Crippen LogP contribution >= 0.6 is 0 Å². The van der Waals surface area contributed by atoms with Gasteiger partial charge in [-0.25, -0.2) is 4.79 Å². The average molecular weight is 303 g/mol. The Morgan fingerprint density at radius 1 is 1.23 bits per heavy atom. The SMILES string of the molecule is Cc1cccc([C@@H](CNC(=O)N2CCCCCC2)N(C)C)c1. The van der Waals surface area contributed by atoms with Crippen molar-refractivity contribution in [1.82, 2.24) is 15.1 Å². The number of nitrogens with one attached hydrogen (secondary N) is 1. The van der Waals surface area contributed by atoms with E-state index in [1.165, 1.54) is 24.0 Å². The molecule has 0 bridgehead atoms. The van der Waals surface area contributed by atoms with E-state index in [-0.39, 0.29) is 12.1 Å². The fraction of sp³-hybridized carbons (Fsp3) is 0.611. The van der Waals surface area contributed by atoms with Crippen LogP contribution in [0, 0.1) is 6.92 Å². The molecule has 0 aliphatic carbocycles. The number of rotatable bonds is 4. The first-order valence-electron chi connectivity index (χ1n) is 8.33. The molecule has 1 aliphatic rings. The number of likely N-dealkylation sites (N-methyl/N-ethyl adjacent to an activating group) is 1. The molecule has 4 heteroatoms. The van der Waals surface area contributed by atoms with Crippen LogP contribution in [0.1, 0.15) is 42.9 Å². The van der Waals surface area contributed by atoms with Crippen LogP contribution in [0.2, 0.25) is 0 Å². The monoisotopic (exact) mass is 303 g/mol. The fourth-order valence-corrected chi connectivity index (χ4v) is 3.05. The van der Waals surface area contributed by atoms with Gasteiger partial charge in [-0.3, -0.25) is 0 Å². The summed E-state index contributed by atoms with van der Waals surface area (Å²) in [5, 5.41) is 3.12. The Hall–Kier alpha value is -1.55. The molecule has 0 radical (unpaired) electrons. The summed E-state index contributed by atoms with van der Waals surface area (Å²) in [5.74, 6) is 0. The number of hydrogen-bond acceptors (Lipinski definition) is 2. The molecule has 1 aliphatic heterocycles. The Morgan fingerprint density at radius 2 is 1.91 bits per heavy atom. The minimum atomic E-state index is 0.0846. The molecule has 0 aromatic heterocycles. The lowest BCUT2D eigenvalue weighted by Gasteiger charge is -2.27. The smallest absolute Gasteiger partial charge is 0.317 e. The first kappa shape index (κ1) is 16.8. The van der Waals surface area contributed by atoms with Gasteiger partial charge in [0.15, 0.2) is 0 Å². The summed E-state index contributed by atoms with van der Waals surface area (Å²) in [4.78, 5) is 16.5. The number of carbonyl (C=O) groups excluding carboxylic acids is 1. The molecule has 4 nitrogen and oxygen atoms in total. The molecule has 1 heterocycles. The van der Waals surface area contributed by atoms with Crippen molar-refractivity contribution < 1.29 is 4.79 Å². The van der Waals surface area contributed by atoms with Crippen LogP contribution in [0.25, 0.3) is 0 Å². The van der Waals surface area contributed by atoms with E-state index in [9.17, 15) is 4.79 Å². The van der Waals surface area contributed by atoms with Gasteiger partial charge in [0.25, 0.3) is 0 Å². The van der Waals surface area contributed by atoms with Crippen molar-refractivity contribution >= 4 is 6.03 Å². The van der Waals surface area contributed by atoms with Gasteiger partial charge in [0.1, 0.15) is 0 Å². The van der Waals surface area contributed by atoms with Crippen LogP contribution in [0.3, 0.4) is 0 Å². The molecule has 22 heavy (non-hydrogen) atoms. The van der Waals surface area contributed by atoms with Crippen LogP contribution in [-0.2, 0) is 0 Å². The summed E-state index contributed by atoms with van der Waals surface area (Å²) < 4.78 is 0. The van der Waals surface area contributed by atoms with Gasteiger partial charge in [-0.15, -0.1) is 0 Å². The number of likely N-dealkylation sites (tertiary alicyclic amines) is 1. The van der Waals surface area contributed by atoms with E-state index in [0.717, 1.165) is 25.9 Å². The van der Waals surface area contributed by atoms with Crippen LogP contribution in [-0.4, -0.2) is 49.6 Å². The molecule has 0 spiro atoms. The summed E-state index contributed by atoms with van der Waals surface area (Å²) >= 11 is 0. The van der Waals surface area contributed by atoms with E-state index >= 15 is 0 Å². The minimum absolute atomic E-state index is 0.0846. The van der Waals surface area contributed by atoms with E-state index in [1.54, 1.807) is 0 Å². The lowest BCUT2D eigenvalue weighted by molar-refractivity contribution is 0.194. The lowest BCUT2D eigenvalue weighted by Crippen LogP contribution is -2.43. The maximum Gasteiger partial charge on any atom is 0.317 e. The van der Waals surface area contributed by atoms with Crippen LogP contribution in [0.4, 0.5) is 4.79 Å². The van der Waals surface area contributed by atoms with E-state index in [4.69, 9.17) is 0 Å². The largest absolute Gasteiger partial charge is 0.336 e. The van der Waals surface area contributed by atoms with Crippen LogP contribution < -0.4 is 5.32 Å². The van der Waals surface area contributed by atoms with Crippen molar-refractivity contribution in [2.75, 3.05) is 33.7 Å². The standard InChI is InChI=1S/C18H29N3O/c1-15-9-8-10-16(13-15)17(20(2)3)14-19-18(22)21-11-6-4-5-7-12-21/h8-10,13,17H,4-7,11-12,14H2,1-3H3,(H,19,22)/t17-/m1/s1. The summed E-state index contributed by atoms with van der Waals surface area (Å²) in [6, 6.07) is 8.81. The third kappa shape index (κ3) is 4.73. The number of nitrogens with zero attached hydrogens (tertiary/aromatic N) is 2. The minimum Gasteiger partial charge on any atom is -0.336 e. The van der Waals surface area contributed by atoms with Gasteiger partial charge in [-0.1, -0.05) is 42.7 Å². The van der Waals surface area contributed by atoms with E-state index in [0.29, 0.717) is 6.54 Å². The van der Waals surface area contributed by atoms with Crippen molar-refractivity contribution in [2.45, 2.75) is 38.6 Å². The predicted molar refractivity (Wildman–Crippen MR) is 91.0 cm³/mol. The van der Waals surface area contributed by atoms with Crippen molar-refractivity contribution in [3.63, 3.8) is 0 Å². The van der Waals surface area contributed by atoms with Gasteiger partial charge < -0.3 is 15.1 Å². The Morgan fingerprint density at radius 3 is 2.50 bits per heavy atom. The molecule has 122 valence electrons. The van der Waals surface area contributed by atoms with Gasteiger partial charge in [0.05, 0.1) is 6.04 Å². The summed E-state index contributed by atoms with van der Waals surface area (Å²) in [6.45, 7) is 4.53. The van der Waals surface area contributed by atoms with E-state index in [2.05, 4.69) is 55.5 Å². The molecule has 2 amide bonds. The third-order valence-electron chi connectivity index (χ3n) is 4.39. The zero-order valence-electron chi connectivity index (χ0n) is 14.1. The van der Waals surface area contributed by atoms with Gasteiger partial charge in [-0.2, -0.15) is 0 Å². The molecule has 1 N–H and O–H groups in total. The van der Waals surface area contributed by atoms with Gasteiger partial charge in [0.2, 0.25) is 0 Å². The second kappa shape index (κ2) is 8.18. The summed E-state index contributed by atoms with van der Waals surface area (Å²) in [6.07, 6.45) is 4.74. The number of aryl methyl sites for hydroxylation is 1. The molecule has 0 unspecified atom stereocenters. The second-order valence-electron chi connectivity index (χ2n) is 6.48. The van der Waals surface area contributed by atoms with Gasteiger partial charge in [0, 0.05) is 19.6 Å². The predicted octanol–water partition coefficient (Wildman–Crippen LogP) is 3.18. The topological polar surface area (TPSA) is 35.6 Å². The molecule has 1 atom stereocenters. The quantitative estimate of drug-likeness (QED) is 0.927. The number of urea groups is 1. The van der Waals surface area contributed by atoms with Crippen LogP contribution in [0.15, 0.2) is 24.3 Å². The first-order valence-corrected chi connectivity index (χ1v) is 8.33. The zero-order chi connectivity index (χ0) is 15.9. The van der Waals surface area contributed by atoms with E-state index in [1.807, 2.05) is 4.90 Å². The molecular weight excluding hydrogens is 274 g/mol. The number of benzene rings is 1. The van der Waals surface area contributed by atoms with Crippen molar-refractivity contribution in [3.8, 4) is 0 Å². The van der Waals surface area contributed by atoms with Crippen molar-refractivity contribution in [3.05, 3.63) is 35.4 Å². The molecule has 0 saturated carbocycles. The Kier molecular flexibility index (Phi) is 6.25. The molecular formula is C18H29N3O. The normalized spacial score (nSPS) is 17.2. The van der Waals surface area contributed by atoms with Crippen molar-refractivity contribution in [1.29, 1.82) is 0 Å². The highest BCUT2D eigenvalue weighted by Crippen LogP contribution is 2.18. The lowest BCUT2D eigenvalue weighted by atomic mass is 10.0. The maximum absolute atomic E-state index is 12.4. The Bertz CT molecular complexity index is 479. The highest BCUT2D eigenvalue weighted by Gasteiger charge is 2.19. The average Bonchev–Trinajstić information content (AvgIpc) is 2.76. The maximum atomic E-state index is 12.4. The Balaban J connectivity index is 1.95. The fourth-order valence-electron chi connectivity index (χ4n) is 3.05. The number of hydrogen-bond donors (Lipinski definition) is 1. The Labute approximate surface area is 134 Å². The highest BCUT2D eigenvalue weighted by molar-refractivity contribution is 5.74. The van der Waals surface area contributed by atoms with Gasteiger partial charge >= 0.3 is 6.03 Å². The van der Waals surface area contributed by atoms with Gasteiger partial charge in [-0.05, 0) is 39.4 Å². The molecule has 2 rings (SSSR count). The molecule has 1 aromatic carbocycles. The van der Waals surface area contributed by atoms with Crippen molar-refractivity contribution in [2.24, 2.45) is 0 Å². The highest BCUT2D eigenvalue weighted by atomic mass is 16.2. The molecule has 1 saturated heterocycles. The van der Waals surface area contributed by atoms with Crippen LogP contribution in [0.5, 0.6) is 0 Å². The molecule has 1 aromatic rings. The molecule has 1 fully saturated rings. The summed E-state index contributed by atoms with van der Waals surface area (Å²) in [7, 11) is 4.12. The number of carbonyl (C=O) groups is 1.